The molecule has 0 unspecified atom stereocenters. The maximum atomic E-state index is 2.43. The Balaban J connectivity index is 2.00. The van der Waals surface area contributed by atoms with Gasteiger partial charge in [-0.3, -0.25) is 0 Å². The lowest BCUT2D eigenvalue weighted by Crippen LogP contribution is -1.92. The third kappa shape index (κ3) is 3.54. The molecule has 0 amide bonds. The van der Waals surface area contributed by atoms with E-state index in [4.69, 9.17) is 0 Å². The number of benzene rings is 5. The van der Waals surface area contributed by atoms with Crippen LogP contribution in [0.4, 0.5) is 0 Å². The molecule has 0 N–H and O–H groups in total. The van der Waals surface area contributed by atoms with Crippen molar-refractivity contribution in [2.45, 2.75) is 13.8 Å². The van der Waals surface area contributed by atoms with Crippen molar-refractivity contribution in [2.75, 3.05) is 0 Å². The summed E-state index contributed by atoms with van der Waals surface area (Å²) in [6.07, 6.45) is 0. The van der Waals surface area contributed by atoms with E-state index in [9.17, 15) is 0 Å². The van der Waals surface area contributed by atoms with E-state index in [-0.39, 0.29) is 0 Å². The van der Waals surface area contributed by atoms with Crippen molar-refractivity contribution in [1.29, 1.82) is 0 Å². The predicted octanol–water partition coefficient (Wildman–Crippen LogP) is 9.15. The predicted molar refractivity (Wildman–Crippen MR) is 147 cm³/mol. The van der Waals surface area contributed by atoms with Crippen molar-refractivity contribution >= 4 is 66.7 Å². The van der Waals surface area contributed by atoms with Gasteiger partial charge in [-0.05, 0) is 127 Å². The fourth-order valence-corrected chi connectivity index (χ4v) is 5.22. The Morgan fingerprint density at radius 1 is 0.433 bits per heavy atom. The number of rotatable bonds is 2. The minimum Gasteiger partial charge on any atom is -0.0587 e. The van der Waals surface area contributed by atoms with E-state index >= 15 is 0 Å². The van der Waals surface area contributed by atoms with E-state index in [1.54, 1.807) is 0 Å². The highest BCUT2D eigenvalue weighted by Crippen LogP contribution is 2.44. The largest absolute Gasteiger partial charge is 0.0587 e. The van der Waals surface area contributed by atoms with Gasteiger partial charge in [0.25, 0.3) is 0 Å². The molecule has 2 heteroatoms. The zero-order chi connectivity index (χ0) is 20.8. The van der Waals surface area contributed by atoms with E-state index in [2.05, 4.69) is 144 Å². The maximum absolute atomic E-state index is 2.43. The summed E-state index contributed by atoms with van der Waals surface area (Å²) >= 11 is 4.86. The van der Waals surface area contributed by atoms with Crippen LogP contribution < -0.4 is 0 Å². The number of fused-ring (bicyclic) bond motifs is 2. The first kappa shape index (κ1) is 20.0. The van der Waals surface area contributed by atoms with E-state index in [1.165, 1.54) is 62.1 Å². The molecule has 0 fully saturated rings. The highest BCUT2D eigenvalue weighted by molar-refractivity contribution is 14.1. The standard InChI is InChI=1S/C28H20I2/c1-17-3-7-19(8-4-17)27-23-13-11-22(30)16-26(23)28(20-9-5-18(2)6-10-20)24-14-12-21(29)15-25(24)27/h3-16H,1-2H3. The Labute approximate surface area is 204 Å². The molecule has 0 aromatic heterocycles. The summed E-state index contributed by atoms with van der Waals surface area (Å²) in [5.41, 5.74) is 7.76. The summed E-state index contributed by atoms with van der Waals surface area (Å²) in [7, 11) is 0. The quantitative estimate of drug-likeness (QED) is 0.138. The van der Waals surface area contributed by atoms with Gasteiger partial charge in [0.2, 0.25) is 0 Å². The van der Waals surface area contributed by atoms with Crippen LogP contribution in [0, 0.1) is 21.0 Å². The lowest BCUT2D eigenvalue weighted by Gasteiger charge is -2.18. The molecule has 0 atom stereocenters. The minimum atomic E-state index is 1.26. The molecule has 5 rings (SSSR count). The van der Waals surface area contributed by atoms with Crippen LogP contribution in [0.2, 0.25) is 0 Å². The van der Waals surface area contributed by atoms with Crippen LogP contribution in [-0.2, 0) is 0 Å². The summed E-state index contributed by atoms with van der Waals surface area (Å²) in [6, 6.07) is 31.6. The summed E-state index contributed by atoms with van der Waals surface area (Å²) in [4.78, 5) is 0. The molecular weight excluding hydrogens is 590 g/mol. The van der Waals surface area contributed by atoms with Crippen LogP contribution in [0.3, 0.4) is 0 Å². The molecule has 0 bridgehead atoms. The van der Waals surface area contributed by atoms with Crippen molar-refractivity contribution < 1.29 is 0 Å². The Morgan fingerprint density at radius 3 is 1.17 bits per heavy atom. The van der Waals surface area contributed by atoms with Crippen LogP contribution in [0.25, 0.3) is 43.8 Å². The van der Waals surface area contributed by atoms with Gasteiger partial charge in [-0.25, -0.2) is 0 Å². The van der Waals surface area contributed by atoms with Gasteiger partial charge < -0.3 is 0 Å². The van der Waals surface area contributed by atoms with E-state index < -0.39 is 0 Å². The second-order valence-corrected chi connectivity index (χ2v) is 10.4. The van der Waals surface area contributed by atoms with Crippen molar-refractivity contribution in [3.63, 3.8) is 0 Å². The Kier molecular flexibility index (Phi) is 5.31. The molecule has 0 saturated heterocycles. The fourth-order valence-electron chi connectivity index (χ4n) is 4.24. The van der Waals surface area contributed by atoms with Gasteiger partial charge >= 0.3 is 0 Å². The average Bonchev–Trinajstić information content (AvgIpc) is 2.74. The first-order valence-corrected chi connectivity index (χ1v) is 12.2. The maximum Gasteiger partial charge on any atom is 0.0136 e. The molecule has 0 nitrogen and oxygen atoms in total. The van der Waals surface area contributed by atoms with Gasteiger partial charge in [0.05, 0.1) is 0 Å². The fraction of sp³-hybridized carbons (Fsp3) is 0.0714. The molecule has 5 aromatic rings. The molecule has 146 valence electrons. The van der Waals surface area contributed by atoms with E-state index in [0.717, 1.165) is 0 Å². The summed E-state index contributed by atoms with van der Waals surface area (Å²) < 4.78 is 2.52. The molecule has 5 aromatic carbocycles. The van der Waals surface area contributed by atoms with E-state index in [1.807, 2.05) is 0 Å². The van der Waals surface area contributed by atoms with Crippen molar-refractivity contribution in [3.8, 4) is 22.3 Å². The molecular formula is C28H20I2. The minimum absolute atomic E-state index is 1.26. The van der Waals surface area contributed by atoms with Gasteiger partial charge in [0.15, 0.2) is 0 Å². The molecule has 0 aliphatic heterocycles. The van der Waals surface area contributed by atoms with Crippen LogP contribution in [0.1, 0.15) is 11.1 Å². The SMILES string of the molecule is Cc1ccc(-c2c3ccc(I)cc3c(-c3ccc(C)cc3)c3ccc(I)cc23)cc1. The Bertz CT molecular complexity index is 1280. The first-order valence-electron chi connectivity index (χ1n) is 10.00. The second kappa shape index (κ2) is 7.97. The third-order valence-corrected chi connectivity index (χ3v) is 7.06. The summed E-state index contributed by atoms with van der Waals surface area (Å²) in [5, 5.41) is 5.25. The average molecular weight is 610 g/mol. The molecule has 0 aliphatic rings. The Morgan fingerprint density at radius 2 is 0.800 bits per heavy atom. The Hall–Kier alpha value is -1.92. The zero-order valence-corrected chi connectivity index (χ0v) is 21.2. The van der Waals surface area contributed by atoms with Gasteiger partial charge in [-0.1, -0.05) is 71.8 Å². The second-order valence-electron chi connectivity index (χ2n) is 7.86. The van der Waals surface area contributed by atoms with Crippen molar-refractivity contribution in [1.82, 2.24) is 0 Å². The van der Waals surface area contributed by atoms with E-state index in [0.29, 0.717) is 0 Å². The molecule has 0 spiro atoms. The van der Waals surface area contributed by atoms with Crippen LogP contribution in [-0.4, -0.2) is 0 Å². The first-order chi connectivity index (χ1) is 14.5. The lowest BCUT2D eigenvalue weighted by atomic mass is 9.86. The highest BCUT2D eigenvalue weighted by Gasteiger charge is 2.17. The lowest BCUT2D eigenvalue weighted by molar-refractivity contribution is 1.47. The number of hydrogen-bond acceptors (Lipinski definition) is 0. The number of aryl methyl sites for hydroxylation is 2. The smallest absolute Gasteiger partial charge is 0.0136 e. The molecule has 30 heavy (non-hydrogen) atoms. The van der Waals surface area contributed by atoms with Crippen LogP contribution >= 0.6 is 45.2 Å². The topological polar surface area (TPSA) is 0 Å². The van der Waals surface area contributed by atoms with Crippen LogP contribution in [0.5, 0.6) is 0 Å². The van der Waals surface area contributed by atoms with Gasteiger partial charge in [-0.15, -0.1) is 0 Å². The molecule has 0 heterocycles. The third-order valence-electron chi connectivity index (χ3n) is 5.72. The summed E-state index contributed by atoms with van der Waals surface area (Å²) in [6.45, 7) is 4.29. The zero-order valence-electron chi connectivity index (χ0n) is 16.8. The monoisotopic (exact) mass is 610 g/mol. The van der Waals surface area contributed by atoms with Gasteiger partial charge in [-0.2, -0.15) is 0 Å². The summed E-state index contributed by atoms with van der Waals surface area (Å²) in [5.74, 6) is 0. The molecule has 0 saturated carbocycles. The normalized spacial score (nSPS) is 11.3. The highest BCUT2D eigenvalue weighted by atomic mass is 127. The molecule has 0 radical (unpaired) electrons. The molecule has 0 aliphatic carbocycles. The van der Waals surface area contributed by atoms with Crippen molar-refractivity contribution in [3.05, 3.63) is 103 Å². The number of halogens is 2. The van der Waals surface area contributed by atoms with Crippen molar-refractivity contribution in [2.24, 2.45) is 0 Å². The van der Waals surface area contributed by atoms with Crippen LogP contribution in [0.15, 0.2) is 84.9 Å². The van der Waals surface area contributed by atoms with Gasteiger partial charge in [0, 0.05) is 7.14 Å². The van der Waals surface area contributed by atoms with Gasteiger partial charge in [0.1, 0.15) is 0 Å². The number of hydrogen-bond donors (Lipinski definition) is 0.